The maximum atomic E-state index is 10.9. The van der Waals surface area contributed by atoms with Gasteiger partial charge in [-0.2, -0.15) is 0 Å². The van der Waals surface area contributed by atoms with E-state index in [-0.39, 0.29) is 10.6 Å². The fraction of sp³-hybridized carbons (Fsp3) is 0.550. The zero-order chi connectivity index (χ0) is 17.9. The molecule has 0 unspecified atom stereocenters. The molecule has 4 rings (SSSR count). The molecule has 2 aromatic rings. The van der Waals surface area contributed by atoms with E-state index in [1.807, 2.05) is 12.1 Å². The normalized spacial score (nSPS) is 19.8. The molecule has 2 aliphatic rings. The molecule has 26 heavy (non-hydrogen) atoms. The van der Waals surface area contributed by atoms with Crippen LogP contribution in [0.5, 0.6) is 0 Å². The first kappa shape index (κ1) is 17.2. The molecule has 1 aromatic carbocycles. The highest BCUT2D eigenvalue weighted by Crippen LogP contribution is 2.27. The molecular formula is C20H26N4O2. The number of fused-ring (bicyclic) bond motifs is 1. The number of nitrogens with one attached hydrogen (secondary N) is 1. The number of nitrogens with zero attached hydrogens (tertiary/aromatic N) is 3. The van der Waals surface area contributed by atoms with Gasteiger partial charge in [-0.05, 0) is 49.8 Å². The second-order valence-electron chi connectivity index (χ2n) is 7.70. The Labute approximate surface area is 153 Å². The summed E-state index contributed by atoms with van der Waals surface area (Å²) in [5.74, 6) is 1.78. The Morgan fingerprint density at radius 3 is 2.62 bits per heavy atom. The van der Waals surface area contributed by atoms with Crippen molar-refractivity contribution in [3.05, 3.63) is 40.4 Å². The van der Waals surface area contributed by atoms with E-state index >= 15 is 0 Å². The Kier molecular flexibility index (Phi) is 5.02. The molecule has 0 radical (unpaired) electrons. The van der Waals surface area contributed by atoms with Crippen LogP contribution in [0.1, 0.15) is 38.5 Å². The number of likely N-dealkylation sites (tertiary alicyclic amines) is 1. The van der Waals surface area contributed by atoms with E-state index in [2.05, 4.69) is 15.2 Å². The quantitative estimate of drug-likeness (QED) is 0.643. The van der Waals surface area contributed by atoms with Gasteiger partial charge < -0.3 is 10.2 Å². The third-order valence-electron chi connectivity index (χ3n) is 5.81. The summed E-state index contributed by atoms with van der Waals surface area (Å²) < 4.78 is 0. The summed E-state index contributed by atoms with van der Waals surface area (Å²) in [4.78, 5) is 17.8. The predicted molar refractivity (Wildman–Crippen MR) is 103 cm³/mol. The highest BCUT2D eigenvalue weighted by Gasteiger charge is 2.23. The Morgan fingerprint density at radius 1 is 1.12 bits per heavy atom. The number of piperidine rings is 1. The molecule has 1 aliphatic heterocycles. The minimum absolute atomic E-state index is 0.106. The van der Waals surface area contributed by atoms with Crippen LogP contribution in [0, 0.1) is 16.0 Å². The van der Waals surface area contributed by atoms with Crippen LogP contribution in [0.25, 0.3) is 10.9 Å². The fourth-order valence-corrected chi connectivity index (χ4v) is 4.33. The van der Waals surface area contributed by atoms with Gasteiger partial charge in [0.1, 0.15) is 5.82 Å². The summed E-state index contributed by atoms with van der Waals surface area (Å²) in [6, 6.07) is 9.11. The summed E-state index contributed by atoms with van der Waals surface area (Å²) in [6.07, 6.45) is 7.95. The first-order valence-corrected chi connectivity index (χ1v) is 9.71. The summed E-state index contributed by atoms with van der Waals surface area (Å²) in [5.41, 5.74) is 0.897. The van der Waals surface area contributed by atoms with Gasteiger partial charge in [0.15, 0.2) is 0 Å². The Morgan fingerprint density at radius 2 is 1.88 bits per heavy atom. The van der Waals surface area contributed by atoms with E-state index in [0.717, 1.165) is 48.6 Å². The number of hydrogen-bond donors (Lipinski definition) is 1. The van der Waals surface area contributed by atoms with Crippen LogP contribution in [0.4, 0.5) is 11.5 Å². The molecule has 6 nitrogen and oxygen atoms in total. The van der Waals surface area contributed by atoms with Gasteiger partial charge in [0.2, 0.25) is 0 Å². The average Bonchev–Trinajstić information content (AvgIpc) is 3.16. The largest absolute Gasteiger partial charge is 0.367 e. The summed E-state index contributed by atoms with van der Waals surface area (Å²) in [5, 5.41) is 15.2. The van der Waals surface area contributed by atoms with Gasteiger partial charge in [0, 0.05) is 43.2 Å². The Hall–Kier alpha value is -2.21. The second-order valence-corrected chi connectivity index (χ2v) is 7.70. The van der Waals surface area contributed by atoms with Crippen molar-refractivity contribution in [1.82, 2.24) is 9.88 Å². The summed E-state index contributed by atoms with van der Waals surface area (Å²) in [6.45, 7) is 3.60. The zero-order valence-electron chi connectivity index (χ0n) is 15.1. The molecule has 2 heterocycles. The molecule has 0 atom stereocenters. The molecule has 6 heteroatoms. The van der Waals surface area contributed by atoms with Crippen molar-refractivity contribution in [2.45, 2.75) is 44.6 Å². The lowest BCUT2D eigenvalue weighted by Crippen LogP contribution is -2.41. The highest BCUT2D eigenvalue weighted by molar-refractivity contribution is 5.82. The average molecular weight is 354 g/mol. The number of nitro benzene ring substituents is 1. The second kappa shape index (κ2) is 7.58. The Bertz CT molecular complexity index is 780. The van der Waals surface area contributed by atoms with E-state index < -0.39 is 0 Å². The van der Waals surface area contributed by atoms with Crippen LogP contribution in [0.15, 0.2) is 30.3 Å². The molecule has 1 aromatic heterocycles. The van der Waals surface area contributed by atoms with Crippen molar-refractivity contribution in [2.24, 2.45) is 5.92 Å². The van der Waals surface area contributed by atoms with Crippen LogP contribution in [0.3, 0.4) is 0 Å². The summed E-state index contributed by atoms with van der Waals surface area (Å²) >= 11 is 0. The van der Waals surface area contributed by atoms with Gasteiger partial charge in [-0.15, -0.1) is 0 Å². The minimum atomic E-state index is -0.370. The number of anilines is 1. The molecule has 1 saturated carbocycles. The molecule has 0 bridgehead atoms. The van der Waals surface area contributed by atoms with Gasteiger partial charge >= 0.3 is 0 Å². The number of aromatic nitrogens is 1. The standard InChI is InChI=1S/C20H26N4O2/c25-24(26)18-6-7-19-16(13-18)5-8-20(22-19)21-17-9-11-23(12-10-17)14-15-3-1-2-4-15/h5-8,13,15,17H,1-4,9-12,14H2,(H,21,22). The molecule has 0 amide bonds. The molecule has 138 valence electrons. The van der Waals surface area contributed by atoms with Gasteiger partial charge in [-0.25, -0.2) is 4.98 Å². The number of non-ortho nitro benzene ring substituents is 1. The lowest BCUT2D eigenvalue weighted by molar-refractivity contribution is -0.384. The van der Waals surface area contributed by atoms with E-state index in [4.69, 9.17) is 0 Å². The third kappa shape index (κ3) is 3.96. The highest BCUT2D eigenvalue weighted by atomic mass is 16.6. The fourth-order valence-electron chi connectivity index (χ4n) is 4.33. The van der Waals surface area contributed by atoms with Crippen LogP contribution in [-0.4, -0.2) is 40.5 Å². The van der Waals surface area contributed by atoms with Crippen molar-refractivity contribution in [3.63, 3.8) is 0 Å². The van der Waals surface area contributed by atoms with Crippen molar-refractivity contribution in [2.75, 3.05) is 25.0 Å². The molecule has 1 aliphatic carbocycles. The molecule has 1 N–H and O–H groups in total. The van der Waals surface area contributed by atoms with Gasteiger partial charge in [0.25, 0.3) is 5.69 Å². The molecular weight excluding hydrogens is 328 g/mol. The maximum Gasteiger partial charge on any atom is 0.270 e. The minimum Gasteiger partial charge on any atom is -0.367 e. The predicted octanol–water partition coefficient (Wildman–Crippen LogP) is 4.21. The van der Waals surface area contributed by atoms with Gasteiger partial charge in [-0.1, -0.05) is 12.8 Å². The topological polar surface area (TPSA) is 71.3 Å². The first-order chi connectivity index (χ1) is 12.7. The van der Waals surface area contributed by atoms with Crippen LogP contribution in [0.2, 0.25) is 0 Å². The first-order valence-electron chi connectivity index (χ1n) is 9.71. The lowest BCUT2D eigenvalue weighted by atomic mass is 10.0. The number of benzene rings is 1. The van der Waals surface area contributed by atoms with E-state index in [9.17, 15) is 10.1 Å². The van der Waals surface area contributed by atoms with Crippen molar-refractivity contribution >= 4 is 22.4 Å². The smallest absolute Gasteiger partial charge is 0.270 e. The van der Waals surface area contributed by atoms with Crippen LogP contribution >= 0.6 is 0 Å². The third-order valence-corrected chi connectivity index (χ3v) is 5.81. The number of pyridine rings is 1. The van der Waals surface area contributed by atoms with Gasteiger partial charge in [0.05, 0.1) is 10.4 Å². The lowest BCUT2D eigenvalue weighted by Gasteiger charge is -2.34. The van der Waals surface area contributed by atoms with Gasteiger partial charge in [-0.3, -0.25) is 10.1 Å². The van der Waals surface area contributed by atoms with E-state index in [1.54, 1.807) is 12.1 Å². The molecule has 2 fully saturated rings. The summed E-state index contributed by atoms with van der Waals surface area (Å²) in [7, 11) is 0. The Balaban J connectivity index is 1.34. The van der Waals surface area contributed by atoms with Crippen molar-refractivity contribution in [1.29, 1.82) is 0 Å². The van der Waals surface area contributed by atoms with Crippen molar-refractivity contribution in [3.8, 4) is 0 Å². The van der Waals surface area contributed by atoms with Crippen molar-refractivity contribution < 1.29 is 4.92 Å². The van der Waals surface area contributed by atoms with Crippen LogP contribution in [-0.2, 0) is 0 Å². The molecule has 0 spiro atoms. The number of hydrogen-bond acceptors (Lipinski definition) is 5. The van der Waals surface area contributed by atoms with Crippen LogP contribution < -0.4 is 5.32 Å². The monoisotopic (exact) mass is 354 g/mol. The van der Waals surface area contributed by atoms with E-state index in [1.165, 1.54) is 38.3 Å². The number of nitro groups is 1. The zero-order valence-corrected chi connectivity index (χ0v) is 15.1. The number of rotatable bonds is 5. The SMILES string of the molecule is O=[N+]([O-])c1ccc2nc(NC3CCN(CC4CCCC4)CC3)ccc2c1. The molecule has 1 saturated heterocycles. The maximum absolute atomic E-state index is 10.9. The van der Waals surface area contributed by atoms with E-state index in [0.29, 0.717) is 6.04 Å².